The van der Waals surface area contributed by atoms with Crippen molar-refractivity contribution in [2.24, 2.45) is 7.05 Å². The van der Waals surface area contributed by atoms with E-state index in [-0.39, 0.29) is 17.3 Å². The van der Waals surface area contributed by atoms with Crippen molar-refractivity contribution in [1.82, 2.24) is 24.5 Å². The van der Waals surface area contributed by atoms with Crippen LogP contribution in [0.1, 0.15) is 21.6 Å². The molecule has 0 spiro atoms. The van der Waals surface area contributed by atoms with Gasteiger partial charge in [0, 0.05) is 7.05 Å². The predicted octanol–water partition coefficient (Wildman–Crippen LogP) is 1.53. The van der Waals surface area contributed by atoms with E-state index in [4.69, 9.17) is 0 Å². The SMILES string of the molecule is Cc1ccc(Cn2cnc(NC(=O)c3c([N+](=O)[O-])cnn3C)n2)cc1. The summed E-state index contributed by atoms with van der Waals surface area (Å²) >= 11 is 0. The van der Waals surface area contributed by atoms with Crippen molar-refractivity contribution >= 4 is 17.5 Å². The molecular formula is C15H15N7O3. The minimum absolute atomic E-state index is 0.0626. The van der Waals surface area contributed by atoms with Crippen LogP contribution in [0.15, 0.2) is 36.8 Å². The van der Waals surface area contributed by atoms with Crippen LogP contribution in [0.25, 0.3) is 0 Å². The maximum atomic E-state index is 12.3. The van der Waals surface area contributed by atoms with Crippen LogP contribution in [-0.4, -0.2) is 35.4 Å². The van der Waals surface area contributed by atoms with Gasteiger partial charge in [0.05, 0.1) is 11.5 Å². The molecule has 2 aromatic heterocycles. The van der Waals surface area contributed by atoms with E-state index in [0.717, 1.165) is 22.0 Å². The largest absolute Gasteiger partial charge is 0.320 e. The number of amides is 1. The first kappa shape index (κ1) is 16.3. The molecule has 0 aliphatic heterocycles. The second kappa shape index (κ2) is 6.51. The molecule has 1 N–H and O–H groups in total. The molecule has 0 aliphatic rings. The zero-order valence-electron chi connectivity index (χ0n) is 13.6. The molecule has 1 amide bonds. The Morgan fingerprint density at radius 3 is 2.72 bits per heavy atom. The summed E-state index contributed by atoms with van der Waals surface area (Å²) in [6, 6.07) is 7.95. The molecule has 0 unspecified atom stereocenters. The molecule has 0 fully saturated rings. The summed E-state index contributed by atoms with van der Waals surface area (Å²) in [7, 11) is 1.45. The van der Waals surface area contributed by atoms with Gasteiger partial charge in [-0.1, -0.05) is 29.8 Å². The van der Waals surface area contributed by atoms with Gasteiger partial charge in [0.15, 0.2) is 0 Å². The maximum absolute atomic E-state index is 12.3. The highest BCUT2D eigenvalue weighted by molar-refractivity contribution is 6.04. The fourth-order valence-corrected chi connectivity index (χ4v) is 2.29. The van der Waals surface area contributed by atoms with Crippen LogP contribution in [0.3, 0.4) is 0 Å². The molecule has 0 radical (unpaired) electrons. The van der Waals surface area contributed by atoms with Crippen LogP contribution in [0, 0.1) is 17.0 Å². The molecule has 10 heteroatoms. The van der Waals surface area contributed by atoms with Crippen LogP contribution in [0.2, 0.25) is 0 Å². The number of rotatable bonds is 5. The van der Waals surface area contributed by atoms with Crippen LogP contribution in [-0.2, 0) is 13.6 Å². The Hall–Kier alpha value is -3.56. The number of hydrogen-bond acceptors (Lipinski definition) is 6. The van der Waals surface area contributed by atoms with E-state index >= 15 is 0 Å². The number of carbonyl (C=O) groups is 1. The van der Waals surface area contributed by atoms with E-state index in [1.54, 1.807) is 4.68 Å². The second-order valence-electron chi connectivity index (χ2n) is 5.46. The molecule has 3 aromatic rings. The van der Waals surface area contributed by atoms with Crippen LogP contribution < -0.4 is 5.32 Å². The minimum Gasteiger partial charge on any atom is -0.288 e. The number of carbonyl (C=O) groups excluding carboxylic acids is 1. The fourth-order valence-electron chi connectivity index (χ4n) is 2.29. The number of anilines is 1. The van der Waals surface area contributed by atoms with E-state index in [1.165, 1.54) is 13.4 Å². The Morgan fingerprint density at radius 1 is 1.32 bits per heavy atom. The first-order valence-corrected chi connectivity index (χ1v) is 7.37. The summed E-state index contributed by atoms with van der Waals surface area (Å²) in [5.41, 5.74) is 1.66. The van der Waals surface area contributed by atoms with Crippen molar-refractivity contribution in [2.75, 3.05) is 5.32 Å². The van der Waals surface area contributed by atoms with Gasteiger partial charge in [-0.15, -0.1) is 5.10 Å². The zero-order valence-corrected chi connectivity index (χ0v) is 13.6. The lowest BCUT2D eigenvalue weighted by Gasteiger charge is -2.02. The van der Waals surface area contributed by atoms with Gasteiger partial charge >= 0.3 is 5.69 Å². The van der Waals surface area contributed by atoms with Crippen molar-refractivity contribution < 1.29 is 9.72 Å². The molecule has 0 saturated heterocycles. The third kappa shape index (κ3) is 3.52. The summed E-state index contributed by atoms with van der Waals surface area (Å²) in [6.45, 7) is 2.50. The highest BCUT2D eigenvalue weighted by Crippen LogP contribution is 2.17. The van der Waals surface area contributed by atoms with E-state index in [1.807, 2.05) is 31.2 Å². The Morgan fingerprint density at radius 2 is 2.04 bits per heavy atom. The van der Waals surface area contributed by atoms with Gasteiger partial charge in [-0.2, -0.15) is 5.10 Å². The lowest BCUT2D eigenvalue weighted by molar-refractivity contribution is -0.385. The monoisotopic (exact) mass is 341 g/mol. The summed E-state index contributed by atoms with van der Waals surface area (Å²) < 4.78 is 2.70. The van der Waals surface area contributed by atoms with Gasteiger partial charge < -0.3 is 0 Å². The Bertz CT molecular complexity index is 927. The third-order valence-corrected chi connectivity index (χ3v) is 3.56. The Labute approximate surface area is 142 Å². The molecule has 2 heterocycles. The van der Waals surface area contributed by atoms with Crippen molar-refractivity contribution in [3.05, 3.63) is 63.7 Å². The van der Waals surface area contributed by atoms with Gasteiger partial charge in [0.1, 0.15) is 12.5 Å². The molecule has 25 heavy (non-hydrogen) atoms. The smallest absolute Gasteiger partial charge is 0.288 e. The second-order valence-corrected chi connectivity index (χ2v) is 5.46. The van der Waals surface area contributed by atoms with Crippen LogP contribution in [0.4, 0.5) is 11.6 Å². The first-order chi connectivity index (χ1) is 11.9. The highest BCUT2D eigenvalue weighted by atomic mass is 16.6. The maximum Gasteiger partial charge on any atom is 0.320 e. The number of nitrogens with one attached hydrogen (secondary N) is 1. The lowest BCUT2D eigenvalue weighted by atomic mass is 10.1. The van der Waals surface area contributed by atoms with Crippen molar-refractivity contribution in [3.63, 3.8) is 0 Å². The van der Waals surface area contributed by atoms with Gasteiger partial charge in [0.2, 0.25) is 11.6 Å². The van der Waals surface area contributed by atoms with Crippen LogP contribution in [0.5, 0.6) is 0 Å². The number of aromatic nitrogens is 5. The lowest BCUT2D eigenvalue weighted by Crippen LogP contribution is -2.18. The predicted molar refractivity (Wildman–Crippen MR) is 88.1 cm³/mol. The van der Waals surface area contributed by atoms with Gasteiger partial charge in [-0.25, -0.2) is 9.67 Å². The van der Waals surface area contributed by atoms with Crippen molar-refractivity contribution in [1.29, 1.82) is 0 Å². The normalized spacial score (nSPS) is 10.6. The standard InChI is InChI=1S/C15H15N7O3/c1-10-3-5-11(6-4-10)8-21-9-16-15(19-21)18-14(23)13-12(22(24)25)7-17-20(13)2/h3-7,9H,8H2,1-2H3,(H,18,19,23). The summed E-state index contributed by atoms with van der Waals surface area (Å²) in [5.74, 6) is -0.632. The number of nitrogens with zero attached hydrogens (tertiary/aromatic N) is 6. The number of hydrogen-bond donors (Lipinski definition) is 1. The van der Waals surface area contributed by atoms with Crippen molar-refractivity contribution in [2.45, 2.75) is 13.5 Å². The third-order valence-electron chi connectivity index (χ3n) is 3.56. The molecule has 0 atom stereocenters. The molecule has 10 nitrogen and oxygen atoms in total. The van der Waals surface area contributed by atoms with Crippen molar-refractivity contribution in [3.8, 4) is 0 Å². The first-order valence-electron chi connectivity index (χ1n) is 7.37. The molecule has 0 bridgehead atoms. The highest BCUT2D eigenvalue weighted by Gasteiger charge is 2.26. The zero-order chi connectivity index (χ0) is 18.0. The average molecular weight is 341 g/mol. The quantitative estimate of drug-likeness (QED) is 0.555. The minimum atomic E-state index is -0.695. The number of nitro groups is 1. The molecule has 128 valence electrons. The van der Waals surface area contributed by atoms with E-state index in [0.29, 0.717) is 6.54 Å². The molecular weight excluding hydrogens is 326 g/mol. The molecule has 0 aliphatic carbocycles. The average Bonchev–Trinajstić information content (AvgIpc) is 3.16. The number of benzene rings is 1. The Balaban J connectivity index is 1.73. The van der Waals surface area contributed by atoms with E-state index in [9.17, 15) is 14.9 Å². The van der Waals surface area contributed by atoms with E-state index in [2.05, 4.69) is 20.5 Å². The van der Waals surface area contributed by atoms with E-state index < -0.39 is 10.8 Å². The molecule has 1 aromatic carbocycles. The van der Waals surface area contributed by atoms with Gasteiger partial charge in [0.25, 0.3) is 5.91 Å². The van der Waals surface area contributed by atoms with Gasteiger partial charge in [-0.3, -0.25) is 24.9 Å². The summed E-state index contributed by atoms with van der Waals surface area (Å²) in [6.07, 6.45) is 2.51. The van der Waals surface area contributed by atoms with Gasteiger partial charge in [-0.05, 0) is 12.5 Å². The summed E-state index contributed by atoms with van der Waals surface area (Å²) in [5, 5.41) is 21.3. The molecule has 0 saturated carbocycles. The van der Waals surface area contributed by atoms with Crippen LogP contribution >= 0.6 is 0 Å². The fraction of sp³-hybridized carbons (Fsp3) is 0.200. The Kier molecular flexibility index (Phi) is 4.25. The number of aryl methyl sites for hydroxylation is 2. The topological polar surface area (TPSA) is 121 Å². The summed E-state index contributed by atoms with van der Waals surface area (Å²) in [4.78, 5) is 26.6. The molecule has 3 rings (SSSR count).